The zero-order valence-electron chi connectivity index (χ0n) is 13.4. The number of nitrogens with zero attached hydrogens (tertiary/aromatic N) is 1. The van der Waals surface area contributed by atoms with Crippen molar-refractivity contribution < 1.29 is 0 Å². The summed E-state index contributed by atoms with van der Waals surface area (Å²) in [6.07, 6.45) is 5.28. The lowest BCUT2D eigenvalue weighted by Crippen LogP contribution is -2.11. The third kappa shape index (κ3) is 3.97. The zero-order valence-corrected chi connectivity index (χ0v) is 14.2. The number of allylic oxidation sites excluding steroid dienone is 3. The van der Waals surface area contributed by atoms with Crippen LogP contribution in [0.1, 0.15) is 39.7 Å². The molecule has 0 saturated carbocycles. The van der Waals surface area contributed by atoms with Crippen LogP contribution in [0.3, 0.4) is 0 Å². The third-order valence-electron chi connectivity index (χ3n) is 3.70. The lowest BCUT2D eigenvalue weighted by molar-refractivity contribution is 0.493. The Labute approximate surface area is 132 Å². The zero-order chi connectivity index (χ0) is 15.6. The maximum Gasteiger partial charge on any atom is 0.0648 e. The molecule has 1 aromatic carbocycles. The number of hydrogen-bond donors (Lipinski definition) is 0. The van der Waals surface area contributed by atoms with Gasteiger partial charge in [-0.1, -0.05) is 44.0 Å². The first-order chi connectivity index (χ1) is 9.77. The third-order valence-corrected chi connectivity index (χ3v) is 4.11. The Balaban J connectivity index is 2.33. The molecular formula is C19H22ClN. The summed E-state index contributed by atoms with van der Waals surface area (Å²) < 4.78 is 0. The van der Waals surface area contributed by atoms with Gasteiger partial charge < -0.3 is 0 Å². The molecular weight excluding hydrogens is 278 g/mol. The molecule has 1 nitrogen and oxygen atoms in total. The van der Waals surface area contributed by atoms with Crippen LogP contribution in [0.25, 0.3) is 0 Å². The molecule has 0 radical (unpaired) electrons. The van der Waals surface area contributed by atoms with Crippen molar-refractivity contribution in [3.8, 4) is 0 Å². The van der Waals surface area contributed by atoms with Gasteiger partial charge in [0.25, 0.3) is 0 Å². The second-order valence-corrected chi connectivity index (χ2v) is 6.92. The molecule has 2 heteroatoms. The number of aryl methyl sites for hydroxylation is 1. The molecule has 0 spiro atoms. The molecule has 0 amide bonds. The highest BCUT2D eigenvalue weighted by molar-refractivity contribution is 6.31. The van der Waals surface area contributed by atoms with Crippen molar-refractivity contribution in [1.82, 2.24) is 0 Å². The van der Waals surface area contributed by atoms with E-state index in [2.05, 4.69) is 43.6 Å². The van der Waals surface area contributed by atoms with Crippen molar-refractivity contribution >= 4 is 23.0 Å². The Morgan fingerprint density at radius 1 is 1.29 bits per heavy atom. The highest BCUT2D eigenvalue weighted by Crippen LogP contribution is 2.31. The van der Waals surface area contributed by atoms with Gasteiger partial charge in [-0.3, -0.25) is 4.99 Å². The maximum atomic E-state index is 6.16. The smallest absolute Gasteiger partial charge is 0.0648 e. The van der Waals surface area contributed by atoms with Gasteiger partial charge in [0, 0.05) is 10.6 Å². The predicted molar refractivity (Wildman–Crippen MR) is 92.7 cm³/mol. The van der Waals surface area contributed by atoms with Crippen molar-refractivity contribution in [3.63, 3.8) is 0 Å². The molecule has 21 heavy (non-hydrogen) atoms. The van der Waals surface area contributed by atoms with Crippen LogP contribution in [0, 0.1) is 12.3 Å². The minimum absolute atomic E-state index is 0.178. The van der Waals surface area contributed by atoms with Crippen LogP contribution in [-0.4, -0.2) is 5.71 Å². The minimum Gasteiger partial charge on any atom is -0.252 e. The molecule has 2 rings (SSSR count). The Morgan fingerprint density at radius 2 is 2.00 bits per heavy atom. The van der Waals surface area contributed by atoms with Crippen LogP contribution in [0.15, 0.2) is 52.2 Å². The SMILES string of the molecule is CC(=Nc1ccc(C)c(Cl)c1)C1=C=CCC(C(C)(C)C)=C1. The molecule has 0 heterocycles. The number of rotatable bonds is 2. The summed E-state index contributed by atoms with van der Waals surface area (Å²) >= 11 is 6.16. The summed E-state index contributed by atoms with van der Waals surface area (Å²) in [5.41, 5.74) is 8.88. The monoisotopic (exact) mass is 299 g/mol. The van der Waals surface area contributed by atoms with Crippen molar-refractivity contribution in [2.75, 3.05) is 0 Å². The average molecular weight is 300 g/mol. The molecule has 0 bridgehead atoms. The molecule has 0 saturated heterocycles. The minimum atomic E-state index is 0.178. The van der Waals surface area contributed by atoms with Crippen LogP contribution in [-0.2, 0) is 0 Å². The summed E-state index contributed by atoms with van der Waals surface area (Å²) in [5.74, 6) is 0. The summed E-state index contributed by atoms with van der Waals surface area (Å²) in [4.78, 5) is 4.67. The van der Waals surface area contributed by atoms with Gasteiger partial charge in [0.1, 0.15) is 0 Å². The molecule has 0 fully saturated rings. The van der Waals surface area contributed by atoms with Crippen LogP contribution in [0.2, 0.25) is 5.02 Å². The van der Waals surface area contributed by atoms with E-state index < -0.39 is 0 Å². The summed E-state index contributed by atoms with van der Waals surface area (Å²) in [6, 6.07) is 5.89. The second-order valence-electron chi connectivity index (χ2n) is 6.52. The van der Waals surface area contributed by atoms with Gasteiger partial charge in [-0.25, -0.2) is 0 Å². The molecule has 0 atom stereocenters. The lowest BCUT2D eigenvalue weighted by atomic mass is 9.81. The maximum absolute atomic E-state index is 6.16. The highest BCUT2D eigenvalue weighted by atomic mass is 35.5. The van der Waals surface area contributed by atoms with Crippen LogP contribution in [0.4, 0.5) is 5.69 Å². The highest BCUT2D eigenvalue weighted by Gasteiger charge is 2.18. The standard InChI is InChI=1S/C19H22ClN/c1-13-9-10-17(12-18(13)20)21-14(2)15-7-6-8-16(11-15)19(3,4)5/h6,9-12H,8H2,1-5H3. The molecule has 1 aliphatic rings. The van der Waals surface area contributed by atoms with E-state index in [1.807, 2.05) is 32.0 Å². The van der Waals surface area contributed by atoms with E-state index in [9.17, 15) is 0 Å². The van der Waals surface area contributed by atoms with Crippen LogP contribution in [0.5, 0.6) is 0 Å². The molecule has 0 N–H and O–H groups in total. The molecule has 0 unspecified atom stereocenters. The summed E-state index contributed by atoms with van der Waals surface area (Å²) in [6.45, 7) is 10.7. The number of benzene rings is 1. The molecule has 1 aromatic rings. The second kappa shape index (κ2) is 6.05. The van der Waals surface area contributed by atoms with Gasteiger partial charge in [0.05, 0.1) is 11.4 Å². The topological polar surface area (TPSA) is 12.4 Å². The van der Waals surface area contributed by atoms with Crippen molar-refractivity contribution in [1.29, 1.82) is 0 Å². The number of halogens is 1. The van der Waals surface area contributed by atoms with E-state index in [-0.39, 0.29) is 5.41 Å². The van der Waals surface area contributed by atoms with Crippen molar-refractivity contribution in [2.45, 2.75) is 41.0 Å². The van der Waals surface area contributed by atoms with E-state index in [1.54, 1.807) is 0 Å². The first kappa shape index (κ1) is 15.8. The Hall–Kier alpha value is -1.56. The van der Waals surface area contributed by atoms with Gasteiger partial charge >= 0.3 is 0 Å². The van der Waals surface area contributed by atoms with Gasteiger partial charge in [-0.15, -0.1) is 5.73 Å². The first-order valence-electron chi connectivity index (χ1n) is 7.25. The molecule has 0 aromatic heterocycles. The predicted octanol–water partition coefficient (Wildman–Crippen LogP) is 6.20. The van der Waals surface area contributed by atoms with Gasteiger partial charge in [-0.2, -0.15) is 0 Å². The first-order valence-corrected chi connectivity index (χ1v) is 7.63. The average Bonchev–Trinajstić information content (AvgIpc) is 2.42. The van der Waals surface area contributed by atoms with E-state index in [1.165, 1.54) is 5.57 Å². The van der Waals surface area contributed by atoms with Crippen molar-refractivity contribution in [2.24, 2.45) is 10.4 Å². The van der Waals surface area contributed by atoms with Crippen molar-refractivity contribution in [3.05, 3.63) is 57.8 Å². The summed E-state index contributed by atoms with van der Waals surface area (Å²) in [7, 11) is 0. The molecule has 1 aliphatic carbocycles. The summed E-state index contributed by atoms with van der Waals surface area (Å²) in [5, 5.41) is 0.753. The Kier molecular flexibility index (Phi) is 4.56. The molecule has 0 aliphatic heterocycles. The fourth-order valence-electron chi connectivity index (χ4n) is 2.18. The fourth-order valence-corrected chi connectivity index (χ4v) is 2.36. The van der Waals surface area contributed by atoms with E-state index in [0.29, 0.717) is 0 Å². The van der Waals surface area contributed by atoms with Gasteiger partial charge in [-0.05, 0) is 55.5 Å². The van der Waals surface area contributed by atoms with E-state index in [4.69, 9.17) is 11.6 Å². The van der Waals surface area contributed by atoms with E-state index in [0.717, 1.165) is 34.0 Å². The Morgan fingerprint density at radius 3 is 2.62 bits per heavy atom. The van der Waals surface area contributed by atoms with Crippen LogP contribution < -0.4 is 0 Å². The van der Waals surface area contributed by atoms with Crippen LogP contribution >= 0.6 is 11.6 Å². The largest absolute Gasteiger partial charge is 0.252 e. The van der Waals surface area contributed by atoms with Gasteiger partial charge in [0.15, 0.2) is 0 Å². The molecule has 110 valence electrons. The fraction of sp³-hybridized carbons (Fsp3) is 0.368. The van der Waals surface area contributed by atoms with E-state index >= 15 is 0 Å². The number of hydrogen-bond acceptors (Lipinski definition) is 1. The normalized spacial score (nSPS) is 15.8. The quantitative estimate of drug-likeness (QED) is 0.455. The van der Waals surface area contributed by atoms with Gasteiger partial charge in [0.2, 0.25) is 0 Å². The Bertz CT molecular complexity index is 678. The number of aliphatic imine (C=N–C) groups is 1. The lowest BCUT2D eigenvalue weighted by Gasteiger charge is -2.23.